The van der Waals surface area contributed by atoms with Gasteiger partial charge in [-0.15, -0.1) is 11.3 Å². The number of rotatable bonds is 3. The smallest absolute Gasteiger partial charge is 0.304 e. The Morgan fingerprint density at radius 3 is 2.45 bits per heavy atom. The van der Waals surface area contributed by atoms with Gasteiger partial charge in [-0.1, -0.05) is 13.8 Å². The van der Waals surface area contributed by atoms with Crippen LogP contribution in [0.3, 0.4) is 0 Å². The van der Waals surface area contributed by atoms with Crippen LogP contribution in [0.2, 0.25) is 0 Å². The van der Waals surface area contributed by atoms with Crippen molar-refractivity contribution in [3.63, 3.8) is 0 Å². The quantitative estimate of drug-likeness (QED) is 0.623. The minimum Gasteiger partial charge on any atom is -0.317 e. The van der Waals surface area contributed by atoms with Crippen LogP contribution in [0.1, 0.15) is 29.9 Å². The molecule has 1 aromatic heterocycles. The lowest BCUT2D eigenvalue weighted by Crippen LogP contribution is -2.30. The van der Waals surface area contributed by atoms with E-state index in [4.69, 9.17) is 4.55 Å². The molecule has 2 heterocycles. The van der Waals surface area contributed by atoms with E-state index in [9.17, 15) is 8.42 Å². The molecule has 20 heavy (non-hydrogen) atoms. The molecule has 8 heteroatoms. The molecular weight excluding hydrogens is 298 g/mol. The van der Waals surface area contributed by atoms with Crippen molar-refractivity contribution in [2.24, 2.45) is 0 Å². The Balaban J connectivity index is 0.000000347. The lowest BCUT2D eigenvalue weighted by Gasteiger charge is -2.01. The Morgan fingerprint density at radius 2 is 1.95 bits per heavy atom. The fraction of sp³-hybridized carbons (Fsp3) is 0.667. The van der Waals surface area contributed by atoms with Crippen molar-refractivity contribution < 1.29 is 13.0 Å². The second-order valence-electron chi connectivity index (χ2n) is 4.38. The van der Waals surface area contributed by atoms with E-state index in [1.807, 2.05) is 0 Å². The molecule has 0 fully saturated rings. The predicted octanol–water partition coefficient (Wildman–Crippen LogP) is 1.07. The van der Waals surface area contributed by atoms with Crippen molar-refractivity contribution in [1.29, 1.82) is 0 Å². The molecule has 0 radical (unpaired) electrons. The molecule has 1 aromatic rings. The third kappa shape index (κ3) is 4.80. The van der Waals surface area contributed by atoms with E-state index in [0.717, 1.165) is 47.8 Å². The molecule has 0 unspecified atom stereocenters. The van der Waals surface area contributed by atoms with Crippen LogP contribution >= 0.6 is 11.3 Å². The average molecular weight is 321 g/mol. The van der Waals surface area contributed by atoms with Crippen LogP contribution in [0.25, 0.3) is 0 Å². The van der Waals surface area contributed by atoms with Gasteiger partial charge in [0.1, 0.15) is 4.21 Å². The normalized spacial score (nSPS) is 15.0. The molecule has 1 aliphatic heterocycles. The maximum atomic E-state index is 11.1. The Hall–Kier alpha value is -0.510. The summed E-state index contributed by atoms with van der Waals surface area (Å²) in [5, 5.41) is 3.11. The second-order valence-corrected chi connectivity index (χ2v) is 7.10. The van der Waals surface area contributed by atoms with E-state index in [2.05, 4.69) is 30.0 Å². The Bertz CT molecular complexity index is 524. The van der Waals surface area contributed by atoms with Gasteiger partial charge in [-0.3, -0.25) is 15.4 Å². The fourth-order valence-corrected chi connectivity index (χ4v) is 4.21. The molecular formula is C12H23N3O3S2. The lowest BCUT2D eigenvalue weighted by atomic mass is 10.1. The number of nitrogens with one attached hydrogen (secondary N) is 3. The maximum Gasteiger partial charge on any atom is 0.304 e. The van der Waals surface area contributed by atoms with E-state index in [-0.39, 0.29) is 4.21 Å². The number of thiophene rings is 1. The summed E-state index contributed by atoms with van der Waals surface area (Å²) in [5.41, 5.74) is 7.64. The number of hydrogen-bond acceptors (Lipinski definition) is 6. The highest BCUT2D eigenvalue weighted by Crippen LogP contribution is 2.32. The molecule has 0 saturated heterocycles. The average Bonchev–Trinajstić information content (AvgIpc) is 2.57. The topological polar surface area (TPSA) is 90.5 Å². The van der Waals surface area contributed by atoms with Crippen LogP contribution in [-0.2, 0) is 23.1 Å². The summed E-state index contributed by atoms with van der Waals surface area (Å²) >= 11 is 1.16. The van der Waals surface area contributed by atoms with Crippen molar-refractivity contribution in [2.75, 3.05) is 19.6 Å². The maximum absolute atomic E-state index is 11.1. The molecule has 1 aliphatic rings. The fourth-order valence-electron chi connectivity index (χ4n) is 1.93. The first kappa shape index (κ1) is 17.5. The summed E-state index contributed by atoms with van der Waals surface area (Å²) < 4.78 is 31.3. The highest BCUT2D eigenvalue weighted by Gasteiger charge is 2.23. The second kappa shape index (κ2) is 8.06. The Kier molecular flexibility index (Phi) is 7.07. The molecule has 0 spiro atoms. The van der Waals surface area contributed by atoms with Crippen LogP contribution in [0.4, 0.5) is 0 Å². The van der Waals surface area contributed by atoms with E-state index in [1.165, 1.54) is 0 Å². The summed E-state index contributed by atoms with van der Waals surface area (Å²) in [4.78, 5) is 1.03. The molecule has 0 amide bonds. The van der Waals surface area contributed by atoms with Crippen molar-refractivity contribution in [2.45, 2.75) is 37.9 Å². The molecule has 4 N–H and O–H groups in total. The molecule has 0 atom stereocenters. The van der Waals surface area contributed by atoms with Gasteiger partial charge >= 0.3 is 10.1 Å². The SMILES string of the molecule is CCNCC.Cc1c(S(=O)(=O)O)sc2c1CNNCC2. The van der Waals surface area contributed by atoms with Crippen LogP contribution in [0.15, 0.2) is 4.21 Å². The van der Waals surface area contributed by atoms with Crippen LogP contribution < -0.4 is 16.2 Å². The Morgan fingerprint density at radius 1 is 1.30 bits per heavy atom. The predicted molar refractivity (Wildman–Crippen MR) is 81.6 cm³/mol. The van der Waals surface area contributed by atoms with Crippen LogP contribution in [0.5, 0.6) is 0 Å². The highest BCUT2D eigenvalue weighted by atomic mass is 32.3. The largest absolute Gasteiger partial charge is 0.317 e. The highest BCUT2D eigenvalue weighted by molar-refractivity contribution is 7.88. The van der Waals surface area contributed by atoms with Gasteiger partial charge in [0.25, 0.3) is 0 Å². The summed E-state index contributed by atoms with van der Waals surface area (Å²) in [5.74, 6) is 0. The molecule has 6 nitrogen and oxygen atoms in total. The first-order chi connectivity index (χ1) is 9.41. The third-order valence-corrected chi connectivity index (χ3v) is 5.76. The zero-order chi connectivity index (χ0) is 15.2. The van der Waals surface area contributed by atoms with Gasteiger partial charge in [-0.25, -0.2) is 0 Å². The first-order valence-corrected chi connectivity index (χ1v) is 8.92. The zero-order valence-corrected chi connectivity index (χ0v) is 13.7. The molecule has 0 aliphatic carbocycles. The van der Waals surface area contributed by atoms with E-state index in [0.29, 0.717) is 12.1 Å². The summed E-state index contributed by atoms with van der Waals surface area (Å²) in [6, 6.07) is 0. The molecule has 0 saturated carbocycles. The first-order valence-electron chi connectivity index (χ1n) is 6.66. The van der Waals surface area contributed by atoms with Crippen molar-refractivity contribution >= 4 is 21.5 Å². The monoisotopic (exact) mass is 321 g/mol. The lowest BCUT2D eigenvalue weighted by molar-refractivity contribution is 0.484. The minimum absolute atomic E-state index is 0.0798. The minimum atomic E-state index is -4.07. The third-order valence-electron chi connectivity index (χ3n) is 2.91. The molecule has 0 bridgehead atoms. The van der Waals surface area contributed by atoms with E-state index < -0.39 is 10.1 Å². The summed E-state index contributed by atoms with van der Waals surface area (Å²) in [6.45, 7) is 9.47. The van der Waals surface area contributed by atoms with Crippen LogP contribution in [-0.4, -0.2) is 32.6 Å². The molecule has 116 valence electrons. The molecule has 2 rings (SSSR count). The van der Waals surface area contributed by atoms with Gasteiger partial charge in [-0.05, 0) is 37.6 Å². The van der Waals surface area contributed by atoms with Crippen molar-refractivity contribution in [3.05, 3.63) is 16.0 Å². The number of fused-ring (bicyclic) bond motifs is 1. The van der Waals surface area contributed by atoms with Gasteiger partial charge in [0.05, 0.1) is 0 Å². The van der Waals surface area contributed by atoms with Crippen LogP contribution in [0, 0.1) is 6.92 Å². The van der Waals surface area contributed by atoms with Gasteiger partial charge in [0.15, 0.2) is 0 Å². The van der Waals surface area contributed by atoms with Crippen molar-refractivity contribution in [1.82, 2.24) is 16.2 Å². The van der Waals surface area contributed by atoms with Gasteiger partial charge in [0, 0.05) is 18.0 Å². The molecule has 0 aromatic carbocycles. The zero-order valence-electron chi connectivity index (χ0n) is 12.1. The Labute approximate surface area is 124 Å². The number of hydrazine groups is 1. The standard InChI is InChI=1S/C8H12N2O3S2.C4H11N/c1-5-6-4-10-9-3-2-7(6)14-8(5)15(11,12)13;1-3-5-4-2/h9-10H,2-4H2,1H3,(H,11,12,13);5H,3-4H2,1-2H3. The van der Waals surface area contributed by atoms with E-state index in [1.54, 1.807) is 6.92 Å². The van der Waals surface area contributed by atoms with E-state index >= 15 is 0 Å². The summed E-state index contributed by atoms with van der Waals surface area (Å²) in [7, 11) is -4.07. The van der Waals surface area contributed by atoms with Gasteiger partial charge < -0.3 is 5.32 Å². The number of hydrogen-bond donors (Lipinski definition) is 4. The van der Waals surface area contributed by atoms with Crippen molar-refractivity contribution in [3.8, 4) is 0 Å². The van der Waals surface area contributed by atoms with Gasteiger partial charge in [-0.2, -0.15) is 8.42 Å². The summed E-state index contributed by atoms with van der Waals surface area (Å²) in [6.07, 6.45) is 0.781. The van der Waals surface area contributed by atoms with Gasteiger partial charge in [0.2, 0.25) is 0 Å².